The van der Waals surface area contributed by atoms with Crippen molar-refractivity contribution < 1.29 is 14.7 Å². The van der Waals surface area contributed by atoms with Gasteiger partial charge in [-0.05, 0) is 39.0 Å². The molecule has 0 aromatic heterocycles. The molecule has 0 radical (unpaired) electrons. The predicted molar refractivity (Wildman–Crippen MR) is 80.7 cm³/mol. The van der Waals surface area contributed by atoms with Crippen molar-refractivity contribution in [2.75, 3.05) is 13.1 Å². The van der Waals surface area contributed by atoms with Crippen LogP contribution in [0.5, 0.6) is 0 Å². The SMILES string of the molecule is CCCC1(C(=O)O)CCCN(C(=O)C2(C)CCCC2N)C1. The molecule has 2 aliphatic rings. The van der Waals surface area contributed by atoms with Crippen molar-refractivity contribution in [3.8, 4) is 0 Å². The number of carboxylic acid groups (broad SMARTS) is 1. The summed E-state index contributed by atoms with van der Waals surface area (Å²) in [5.41, 5.74) is 4.87. The van der Waals surface area contributed by atoms with E-state index in [4.69, 9.17) is 5.73 Å². The highest BCUT2D eigenvalue weighted by Gasteiger charge is 2.49. The molecule has 1 amide bonds. The monoisotopic (exact) mass is 296 g/mol. The van der Waals surface area contributed by atoms with Crippen LogP contribution in [0.1, 0.15) is 58.8 Å². The van der Waals surface area contributed by atoms with Gasteiger partial charge in [0.2, 0.25) is 5.91 Å². The van der Waals surface area contributed by atoms with Gasteiger partial charge < -0.3 is 15.7 Å². The first kappa shape index (κ1) is 16.3. The van der Waals surface area contributed by atoms with E-state index in [0.717, 1.165) is 32.1 Å². The number of likely N-dealkylation sites (tertiary alicyclic amines) is 1. The molecule has 21 heavy (non-hydrogen) atoms. The van der Waals surface area contributed by atoms with Gasteiger partial charge in [0.05, 0.1) is 10.8 Å². The normalized spacial score (nSPS) is 36.7. The van der Waals surface area contributed by atoms with E-state index in [0.29, 0.717) is 25.9 Å². The smallest absolute Gasteiger partial charge is 0.311 e. The fraction of sp³-hybridized carbons (Fsp3) is 0.875. The summed E-state index contributed by atoms with van der Waals surface area (Å²) in [4.78, 5) is 26.4. The lowest BCUT2D eigenvalue weighted by Crippen LogP contribution is -2.56. The summed E-state index contributed by atoms with van der Waals surface area (Å²) in [7, 11) is 0. The molecule has 1 saturated carbocycles. The van der Waals surface area contributed by atoms with E-state index >= 15 is 0 Å². The second-order valence-electron chi connectivity index (χ2n) is 7.08. The average molecular weight is 296 g/mol. The molecular formula is C16H28N2O3. The maximum absolute atomic E-state index is 12.9. The topological polar surface area (TPSA) is 83.6 Å². The van der Waals surface area contributed by atoms with Crippen molar-refractivity contribution >= 4 is 11.9 Å². The second-order valence-corrected chi connectivity index (χ2v) is 7.08. The number of rotatable bonds is 4. The number of nitrogens with two attached hydrogens (primary N) is 1. The van der Waals surface area contributed by atoms with Gasteiger partial charge in [-0.15, -0.1) is 0 Å². The lowest BCUT2D eigenvalue weighted by atomic mass is 9.75. The molecule has 0 spiro atoms. The minimum atomic E-state index is -0.762. The largest absolute Gasteiger partial charge is 0.481 e. The summed E-state index contributed by atoms with van der Waals surface area (Å²) in [6, 6.07) is -0.0997. The van der Waals surface area contributed by atoms with Crippen LogP contribution in [-0.2, 0) is 9.59 Å². The molecule has 0 bridgehead atoms. The number of hydrogen-bond donors (Lipinski definition) is 2. The molecule has 0 aromatic carbocycles. The van der Waals surface area contributed by atoms with Crippen LogP contribution in [-0.4, -0.2) is 41.0 Å². The minimum absolute atomic E-state index is 0.0638. The van der Waals surface area contributed by atoms with Gasteiger partial charge in [-0.2, -0.15) is 0 Å². The van der Waals surface area contributed by atoms with Gasteiger partial charge in [0.25, 0.3) is 0 Å². The number of piperidine rings is 1. The third-order valence-electron chi connectivity index (χ3n) is 5.56. The lowest BCUT2D eigenvalue weighted by molar-refractivity contribution is -0.158. The van der Waals surface area contributed by atoms with E-state index in [1.165, 1.54) is 0 Å². The molecule has 3 unspecified atom stereocenters. The van der Waals surface area contributed by atoms with Crippen molar-refractivity contribution in [3.63, 3.8) is 0 Å². The van der Waals surface area contributed by atoms with E-state index in [-0.39, 0.29) is 11.9 Å². The molecule has 2 rings (SSSR count). The highest BCUT2D eigenvalue weighted by molar-refractivity contribution is 5.85. The van der Waals surface area contributed by atoms with Crippen LogP contribution >= 0.6 is 0 Å². The van der Waals surface area contributed by atoms with E-state index in [1.54, 1.807) is 4.90 Å². The highest BCUT2D eigenvalue weighted by atomic mass is 16.4. The summed E-state index contributed by atoms with van der Waals surface area (Å²) in [5.74, 6) is -0.698. The molecular weight excluding hydrogens is 268 g/mol. The summed E-state index contributed by atoms with van der Waals surface area (Å²) in [6.45, 7) is 4.96. The van der Waals surface area contributed by atoms with E-state index < -0.39 is 16.8 Å². The fourth-order valence-corrected chi connectivity index (χ4v) is 4.09. The Morgan fingerprint density at radius 2 is 2.05 bits per heavy atom. The molecule has 1 heterocycles. The highest BCUT2D eigenvalue weighted by Crippen LogP contribution is 2.41. The third kappa shape index (κ3) is 2.80. The number of amides is 1. The summed E-state index contributed by atoms with van der Waals surface area (Å²) in [6.07, 6.45) is 5.58. The van der Waals surface area contributed by atoms with Crippen molar-refractivity contribution in [1.82, 2.24) is 4.90 Å². The average Bonchev–Trinajstić information content (AvgIpc) is 2.79. The molecule has 2 fully saturated rings. The van der Waals surface area contributed by atoms with E-state index in [2.05, 4.69) is 0 Å². The zero-order valence-corrected chi connectivity index (χ0v) is 13.2. The minimum Gasteiger partial charge on any atom is -0.481 e. The van der Waals surface area contributed by atoms with E-state index in [1.807, 2.05) is 13.8 Å². The molecule has 5 heteroatoms. The van der Waals surface area contributed by atoms with Crippen molar-refractivity contribution in [3.05, 3.63) is 0 Å². The molecule has 1 saturated heterocycles. The Balaban J connectivity index is 2.17. The van der Waals surface area contributed by atoms with Gasteiger partial charge >= 0.3 is 5.97 Å². The zero-order valence-electron chi connectivity index (χ0n) is 13.2. The first-order valence-electron chi connectivity index (χ1n) is 8.14. The van der Waals surface area contributed by atoms with E-state index in [9.17, 15) is 14.7 Å². The standard InChI is InChI=1S/C16H28N2O3/c1-3-7-16(14(20)21)9-5-10-18(11-16)13(19)15(2)8-4-6-12(15)17/h12H,3-11,17H2,1-2H3,(H,20,21). The Bertz CT molecular complexity index is 422. The molecule has 1 aliphatic heterocycles. The Kier molecular flexibility index (Phi) is 4.61. The van der Waals surface area contributed by atoms with Gasteiger partial charge in [-0.1, -0.05) is 19.8 Å². The van der Waals surface area contributed by atoms with Crippen LogP contribution < -0.4 is 5.73 Å². The first-order chi connectivity index (χ1) is 9.85. The van der Waals surface area contributed by atoms with Gasteiger partial charge in [0, 0.05) is 19.1 Å². The quantitative estimate of drug-likeness (QED) is 0.831. The molecule has 3 N–H and O–H groups in total. The summed E-state index contributed by atoms with van der Waals surface area (Å²) in [5, 5.41) is 9.64. The van der Waals surface area contributed by atoms with Crippen LogP contribution in [0.3, 0.4) is 0 Å². The molecule has 5 nitrogen and oxygen atoms in total. The molecule has 0 aromatic rings. The van der Waals surface area contributed by atoms with Crippen molar-refractivity contribution in [2.24, 2.45) is 16.6 Å². The number of carbonyl (C=O) groups excluding carboxylic acids is 1. The number of carboxylic acids is 1. The first-order valence-corrected chi connectivity index (χ1v) is 8.14. The van der Waals surface area contributed by atoms with Crippen LogP contribution in [0.2, 0.25) is 0 Å². The Hall–Kier alpha value is -1.10. The second kappa shape index (κ2) is 5.95. The third-order valence-corrected chi connectivity index (χ3v) is 5.56. The van der Waals surface area contributed by atoms with Gasteiger partial charge in [-0.3, -0.25) is 9.59 Å². The Morgan fingerprint density at radius 3 is 2.57 bits per heavy atom. The number of nitrogens with zero attached hydrogens (tertiary/aromatic N) is 1. The van der Waals surface area contributed by atoms with Crippen LogP contribution in [0.25, 0.3) is 0 Å². The zero-order chi connectivity index (χ0) is 15.7. The van der Waals surface area contributed by atoms with Gasteiger partial charge in [-0.25, -0.2) is 0 Å². The summed E-state index contributed by atoms with van der Waals surface area (Å²) < 4.78 is 0. The molecule has 120 valence electrons. The maximum atomic E-state index is 12.9. The number of hydrogen-bond acceptors (Lipinski definition) is 3. The summed E-state index contributed by atoms with van der Waals surface area (Å²) >= 11 is 0. The van der Waals surface area contributed by atoms with Crippen LogP contribution in [0, 0.1) is 10.8 Å². The van der Waals surface area contributed by atoms with Crippen molar-refractivity contribution in [2.45, 2.75) is 64.8 Å². The Labute approximate surface area is 126 Å². The fourth-order valence-electron chi connectivity index (χ4n) is 4.09. The van der Waals surface area contributed by atoms with Gasteiger partial charge in [0.15, 0.2) is 0 Å². The van der Waals surface area contributed by atoms with Crippen LogP contribution in [0.4, 0.5) is 0 Å². The maximum Gasteiger partial charge on any atom is 0.311 e. The molecule has 3 atom stereocenters. The Morgan fingerprint density at radius 1 is 1.33 bits per heavy atom. The van der Waals surface area contributed by atoms with Gasteiger partial charge in [0.1, 0.15) is 0 Å². The lowest BCUT2D eigenvalue weighted by Gasteiger charge is -2.43. The number of carbonyl (C=O) groups is 2. The van der Waals surface area contributed by atoms with Crippen molar-refractivity contribution in [1.29, 1.82) is 0 Å². The van der Waals surface area contributed by atoms with Crippen LogP contribution in [0.15, 0.2) is 0 Å². The predicted octanol–water partition coefficient (Wildman–Crippen LogP) is 2.00. The molecule has 1 aliphatic carbocycles. The number of aliphatic carboxylic acids is 1.